The first-order valence-electron chi connectivity index (χ1n) is 8.99. The van der Waals surface area contributed by atoms with E-state index >= 15 is 0 Å². The average Bonchev–Trinajstić information content (AvgIpc) is 3.10. The number of amides is 1. The number of halogens is 1. The predicted octanol–water partition coefficient (Wildman–Crippen LogP) is 3.63. The molecule has 0 saturated carbocycles. The van der Waals surface area contributed by atoms with Gasteiger partial charge in [-0.2, -0.15) is 4.31 Å². The fourth-order valence-electron chi connectivity index (χ4n) is 3.24. The lowest BCUT2D eigenvalue weighted by atomic mass is 10.2. The third-order valence-corrected chi connectivity index (χ3v) is 7.18. The Morgan fingerprint density at radius 3 is 2.71 bits per heavy atom. The molecule has 7 nitrogen and oxygen atoms in total. The number of likely N-dealkylation sites (N-methyl/N-ethyl adjacent to an activating group) is 1. The van der Waals surface area contributed by atoms with Gasteiger partial charge in [-0.05, 0) is 49.2 Å². The number of hydrogen-bond acceptors (Lipinski definition) is 5. The van der Waals surface area contributed by atoms with Crippen LogP contribution in [-0.4, -0.2) is 60.5 Å². The number of carbonyl (C=O) groups is 1. The van der Waals surface area contributed by atoms with Crippen molar-refractivity contribution in [2.45, 2.75) is 43.7 Å². The number of fused-ring (bicyclic) bond motifs is 1. The zero-order chi connectivity index (χ0) is 20.7. The Morgan fingerprint density at radius 2 is 2.04 bits per heavy atom. The monoisotopic (exact) mass is 469 g/mol. The van der Waals surface area contributed by atoms with Crippen LogP contribution in [0.25, 0.3) is 10.8 Å². The Balaban J connectivity index is 1.85. The number of benzene rings is 1. The van der Waals surface area contributed by atoms with Crippen LogP contribution < -0.4 is 0 Å². The Bertz CT molecular complexity index is 999. The average molecular weight is 470 g/mol. The predicted molar refractivity (Wildman–Crippen MR) is 111 cm³/mol. The first-order chi connectivity index (χ1) is 13.0. The molecule has 1 aliphatic heterocycles. The number of hydrogen-bond donors (Lipinski definition) is 0. The van der Waals surface area contributed by atoms with Gasteiger partial charge in [-0.25, -0.2) is 13.2 Å². The van der Waals surface area contributed by atoms with E-state index in [0.29, 0.717) is 22.8 Å². The van der Waals surface area contributed by atoms with Crippen LogP contribution in [0.2, 0.25) is 0 Å². The fraction of sp³-hybridized carbons (Fsp3) is 0.474. The van der Waals surface area contributed by atoms with Crippen LogP contribution in [0.5, 0.6) is 0 Å². The number of carbonyl (C=O) groups excluding carboxylic acids is 1. The van der Waals surface area contributed by atoms with Crippen LogP contribution in [0.3, 0.4) is 0 Å². The highest BCUT2D eigenvalue weighted by Crippen LogP contribution is 2.32. The van der Waals surface area contributed by atoms with Gasteiger partial charge in [-0.3, -0.25) is 4.98 Å². The van der Waals surface area contributed by atoms with Gasteiger partial charge in [0.1, 0.15) is 5.60 Å². The number of aromatic nitrogens is 1. The molecule has 0 radical (unpaired) electrons. The molecule has 152 valence electrons. The summed E-state index contributed by atoms with van der Waals surface area (Å²) in [6.45, 7) is 5.99. The third-order valence-electron chi connectivity index (χ3n) is 4.67. The van der Waals surface area contributed by atoms with E-state index < -0.39 is 21.7 Å². The molecule has 1 aromatic heterocycles. The minimum Gasteiger partial charge on any atom is -0.444 e. The molecule has 1 aliphatic rings. The molecular formula is C19H24BrN3O4S. The Kier molecular flexibility index (Phi) is 5.71. The maximum absolute atomic E-state index is 13.3. The SMILES string of the molecule is CN(C(=O)OC(C)(C)C)[C@H]1CCN(S(=O)(=O)c2cccc3cncc(Br)c23)C1. The van der Waals surface area contributed by atoms with Gasteiger partial charge in [0.25, 0.3) is 0 Å². The van der Waals surface area contributed by atoms with Crippen LogP contribution in [-0.2, 0) is 14.8 Å². The molecule has 28 heavy (non-hydrogen) atoms. The van der Waals surface area contributed by atoms with Crippen molar-refractivity contribution in [3.05, 3.63) is 35.1 Å². The molecule has 3 rings (SSSR count). The summed E-state index contributed by atoms with van der Waals surface area (Å²) in [6.07, 6.45) is 3.34. The van der Waals surface area contributed by atoms with Crippen molar-refractivity contribution in [2.24, 2.45) is 0 Å². The molecule has 0 N–H and O–H groups in total. The van der Waals surface area contributed by atoms with Crippen molar-refractivity contribution < 1.29 is 17.9 Å². The van der Waals surface area contributed by atoms with Crippen molar-refractivity contribution in [3.63, 3.8) is 0 Å². The molecule has 0 unspecified atom stereocenters. The first kappa shape index (κ1) is 21.0. The molecule has 1 amide bonds. The Labute approximate surface area is 173 Å². The lowest BCUT2D eigenvalue weighted by molar-refractivity contribution is 0.0232. The number of rotatable bonds is 3. The second-order valence-electron chi connectivity index (χ2n) is 7.87. The van der Waals surface area contributed by atoms with Crippen LogP contribution in [0.1, 0.15) is 27.2 Å². The van der Waals surface area contributed by atoms with Gasteiger partial charge >= 0.3 is 6.09 Å². The maximum Gasteiger partial charge on any atom is 0.410 e. The summed E-state index contributed by atoms with van der Waals surface area (Å²) in [5.74, 6) is 0. The standard InChI is InChI=1S/C19H24BrN3O4S/c1-19(2,3)27-18(24)22(4)14-8-9-23(12-14)28(25,26)16-7-5-6-13-10-21-11-15(20)17(13)16/h5-7,10-11,14H,8-9,12H2,1-4H3/t14-/m0/s1. The van der Waals surface area contributed by atoms with E-state index in [1.807, 2.05) is 6.07 Å². The van der Waals surface area contributed by atoms with E-state index in [-0.39, 0.29) is 17.5 Å². The fourth-order valence-corrected chi connectivity index (χ4v) is 5.66. The topological polar surface area (TPSA) is 79.8 Å². The van der Waals surface area contributed by atoms with Crippen LogP contribution in [0.15, 0.2) is 40.0 Å². The quantitative estimate of drug-likeness (QED) is 0.685. The van der Waals surface area contributed by atoms with Crippen LogP contribution >= 0.6 is 15.9 Å². The summed E-state index contributed by atoms with van der Waals surface area (Å²) in [5, 5.41) is 1.36. The first-order valence-corrected chi connectivity index (χ1v) is 11.2. The van der Waals surface area contributed by atoms with Gasteiger partial charge in [0.15, 0.2) is 0 Å². The van der Waals surface area contributed by atoms with E-state index in [4.69, 9.17) is 4.74 Å². The minimum absolute atomic E-state index is 0.232. The summed E-state index contributed by atoms with van der Waals surface area (Å²) < 4.78 is 34.1. The lowest BCUT2D eigenvalue weighted by Crippen LogP contribution is -2.42. The number of pyridine rings is 1. The maximum atomic E-state index is 13.3. The molecule has 9 heteroatoms. The van der Waals surface area contributed by atoms with Gasteiger partial charge in [-0.1, -0.05) is 12.1 Å². The molecule has 1 aromatic carbocycles. The van der Waals surface area contributed by atoms with Gasteiger partial charge in [-0.15, -0.1) is 0 Å². The van der Waals surface area contributed by atoms with Crippen molar-refractivity contribution >= 4 is 42.8 Å². The number of sulfonamides is 1. The van der Waals surface area contributed by atoms with E-state index in [9.17, 15) is 13.2 Å². The summed E-state index contributed by atoms with van der Waals surface area (Å²) >= 11 is 3.42. The molecule has 1 atom stereocenters. The molecule has 2 aromatic rings. The van der Waals surface area contributed by atoms with Gasteiger partial charge in [0, 0.05) is 53.8 Å². The molecule has 1 saturated heterocycles. The molecular weight excluding hydrogens is 446 g/mol. The van der Waals surface area contributed by atoms with E-state index in [1.54, 1.807) is 52.3 Å². The Morgan fingerprint density at radius 1 is 1.32 bits per heavy atom. The smallest absolute Gasteiger partial charge is 0.410 e. The van der Waals surface area contributed by atoms with Crippen molar-refractivity contribution in [1.29, 1.82) is 0 Å². The van der Waals surface area contributed by atoms with E-state index in [0.717, 1.165) is 5.39 Å². The summed E-state index contributed by atoms with van der Waals surface area (Å²) in [7, 11) is -2.07. The summed E-state index contributed by atoms with van der Waals surface area (Å²) in [6, 6.07) is 4.91. The normalized spacial score (nSPS) is 18.4. The van der Waals surface area contributed by atoms with Crippen LogP contribution in [0.4, 0.5) is 4.79 Å². The summed E-state index contributed by atoms with van der Waals surface area (Å²) in [4.78, 5) is 18.1. The molecule has 0 aliphatic carbocycles. The highest BCUT2D eigenvalue weighted by atomic mass is 79.9. The van der Waals surface area contributed by atoms with Gasteiger partial charge in [0.05, 0.1) is 4.90 Å². The van der Waals surface area contributed by atoms with Crippen LogP contribution in [0, 0.1) is 0 Å². The second-order valence-corrected chi connectivity index (χ2v) is 10.6. The van der Waals surface area contributed by atoms with Crippen molar-refractivity contribution in [1.82, 2.24) is 14.2 Å². The lowest BCUT2D eigenvalue weighted by Gasteiger charge is -2.28. The second kappa shape index (κ2) is 7.61. The Hall–Kier alpha value is -1.71. The number of ether oxygens (including phenoxy) is 1. The number of nitrogens with zero attached hydrogens (tertiary/aromatic N) is 3. The summed E-state index contributed by atoms with van der Waals surface area (Å²) in [5.41, 5.74) is -0.598. The van der Waals surface area contributed by atoms with Crippen molar-refractivity contribution in [2.75, 3.05) is 20.1 Å². The third kappa shape index (κ3) is 4.16. The van der Waals surface area contributed by atoms with E-state index in [1.165, 1.54) is 9.21 Å². The van der Waals surface area contributed by atoms with Gasteiger partial charge in [0.2, 0.25) is 10.0 Å². The molecule has 0 spiro atoms. The van der Waals surface area contributed by atoms with Crippen molar-refractivity contribution in [3.8, 4) is 0 Å². The van der Waals surface area contributed by atoms with E-state index in [2.05, 4.69) is 20.9 Å². The minimum atomic E-state index is -3.72. The highest BCUT2D eigenvalue weighted by Gasteiger charge is 2.37. The highest BCUT2D eigenvalue weighted by molar-refractivity contribution is 9.10. The zero-order valence-electron chi connectivity index (χ0n) is 16.3. The molecule has 0 bridgehead atoms. The molecule has 1 fully saturated rings. The largest absolute Gasteiger partial charge is 0.444 e. The zero-order valence-corrected chi connectivity index (χ0v) is 18.7. The van der Waals surface area contributed by atoms with Gasteiger partial charge < -0.3 is 9.64 Å². The molecule has 2 heterocycles.